The Morgan fingerprint density at radius 1 is 1.86 bits per heavy atom. The van der Waals surface area contributed by atoms with E-state index in [-0.39, 0.29) is 41.7 Å². The molecule has 0 atom stereocenters. The van der Waals surface area contributed by atoms with E-state index in [0.29, 0.717) is 6.61 Å². The van der Waals surface area contributed by atoms with Gasteiger partial charge in [0.05, 0.1) is 6.61 Å². The third-order valence-corrected chi connectivity index (χ3v) is 0.287. The van der Waals surface area contributed by atoms with Gasteiger partial charge in [-0.15, -0.1) is 0 Å². The third kappa shape index (κ3) is 10.8. The van der Waals surface area contributed by atoms with Gasteiger partial charge in [-0.1, -0.05) is 0 Å². The van der Waals surface area contributed by atoms with Gasteiger partial charge in [0.2, 0.25) is 0 Å². The number of primary amides is 1. The molecule has 0 fully saturated rings. The second-order valence-electron chi connectivity index (χ2n) is 0.752. The molecular formula is C3H7CeNO2. The van der Waals surface area contributed by atoms with Gasteiger partial charge in [-0.25, -0.2) is 4.79 Å². The van der Waals surface area contributed by atoms with E-state index >= 15 is 0 Å². The third-order valence-electron chi connectivity index (χ3n) is 0.287. The minimum atomic E-state index is -0.711. The molecule has 2 N–H and O–H groups in total. The minimum absolute atomic E-state index is 0. The molecule has 0 aromatic heterocycles. The molecule has 1 amide bonds. The number of rotatable bonds is 1. The van der Waals surface area contributed by atoms with Crippen LogP contribution in [-0.2, 0) is 4.74 Å². The maximum atomic E-state index is 9.60. The number of amides is 1. The Kier molecular flexibility index (Phi) is 10.1. The predicted octanol–water partition coefficient (Wildman–Crippen LogP) is 0.102. The van der Waals surface area contributed by atoms with Crippen molar-refractivity contribution in [1.29, 1.82) is 0 Å². The molecule has 0 aliphatic rings. The smallest absolute Gasteiger partial charge is 0.404 e. The molecule has 0 unspecified atom stereocenters. The molecule has 3 nitrogen and oxygen atoms in total. The Bertz CT molecular complexity index is 56.9. The van der Waals surface area contributed by atoms with E-state index in [9.17, 15) is 4.79 Å². The zero-order chi connectivity index (χ0) is 4.99. The first-order chi connectivity index (χ1) is 2.77. The molecule has 0 aromatic rings. The second kappa shape index (κ2) is 6.65. The van der Waals surface area contributed by atoms with Crippen molar-refractivity contribution in [3.63, 3.8) is 0 Å². The Hall–Kier alpha value is 0.647. The van der Waals surface area contributed by atoms with E-state index in [1.807, 2.05) is 0 Å². The Morgan fingerprint density at radius 3 is 2.29 bits per heavy atom. The molecule has 0 aromatic carbocycles. The van der Waals surface area contributed by atoms with Crippen molar-refractivity contribution in [1.82, 2.24) is 0 Å². The van der Waals surface area contributed by atoms with Crippen LogP contribution in [0.1, 0.15) is 6.92 Å². The molecule has 0 saturated carbocycles. The molecule has 7 heavy (non-hydrogen) atoms. The molecule has 0 rings (SSSR count). The van der Waals surface area contributed by atoms with E-state index in [2.05, 4.69) is 10.5 Å². The van der Waals surface area contributed by atoms with Crippen LogP contribution in [0.5, 0.6) is 0 Å². The fourth-order valence-electron chi connectivity index (χ4n) is 0.142. The van der Waals surface area contributed by atoms with E-state index in [0.717, 1.165) is 0 Å². The van der Waals surface area contributed by atoms with Crippen molar-refractivity contribution in [2.24, 2.45) is 5.73 Å². The molecule has 40 valence electrons. The fourth-order valence-corrected chi connectivity index (χ4v) is 0.142. The van der Waals surface area contributed by atoms with Gasteiger partial charge in [0.15, 0.2) is 0 Å². The summed E-state index contributed by atoms with van der Waals surface area (Å²) in [5, 5.41) is 0. The summed E-state index contributed by atoms with van der Waals surface area (Å²) < 4.78 is 4.18. The summed E-state index contributed by atoms with van der Waals surface area (Å²) in [6.07, 6.45) is -0.711. The van der Waals surface area contributed by atoms with Gasteiger partial charge in [0, 0.05) is 41.7 Å². The van der Waals surface area contributed by atoms with Crippen LogP contribution in [-0.4, -0.2) is 12.7 Å². The summed E-state index contributed by atoms with van der Waals surface area (Å²) in [4.78, 5) is 9.60. The van der Waals surface area contributed by atoms with Crippen LogP contribution in [0.25, 0.3) is 0 Å². The van der Waals surface area contributed by atoms with Gasteiger partial charge >= 0.3 is 6.09 Å². The molecule has 0 radical (unpaired) electrons. The van der Waals surface area contributed by atoms with Crippen LogP contribution in [0.2, 0.25) is 0 Å². The van der Waals surface area contributed by atoms with E-state index < -0.39 is 6.09 Å². The number of carbonyl (C=O) groups excluding carboxylic acids is 1. The van der Waals surface area contributed by atoms with Crippen LogP contribution in [0.4, 0.5) is 4.79 Å². The van der Waals surface area contributed by atoms with Crippen molar-refractivity contribution in [3.05, 3.63) is 0 Å². The summed E-state index contributed by atoms with van der Waals surface area (Å²) in [6, 6.07) is 0. The summed E-state index contributed by atoms with van der Waals surface area (Å²) >= 11 is 0. The maximum absolute atomic E-state index is 9.60. The largest absolute Gasteiger partial charge is 0.450 e. The van der Waals surface area contributed by atoms with Gasteiger partial charge in [-0.3, -0.25) is 0 Å². The molecule has 0 bridgehead atoms. The van der Waals surface area contributed by atoms with E-state index in [4.69, 9.17) is 0 Å². The quantitative estimate of drug-likeness (QED) is 0.693. The average Bonchev–Trinajstić information content (AvgIpc) is 1.35. The van der Waals surface area contributed by atoms with Gasteiger partial charge in [-0.05, 0) is 6.92 Å². The fraction of sp³-hybridized carbons (Fsp3) is 0.667. The zero-order valence-corrected chi connectivity index (χ0v) is 7.24. The van der Waals surface area contributed by atoms with Crippen molar-refractivity contribution in [2.75, 3.05) is 6.61 Å². The molecule has 0 saturated heterocycles. The van der Waals surface area contributed by atoms with Crippen molar-refractivity contribution < 1.29 is 51.3 Å². The van der Waals surface area contributed by atoms with Crippen LogP contribution in [0.15, 0.2) is 0 Å². The van der Waals surface area contributed by atoms with Crippen molar-refractivity contribution >= 4 is 6.09 Å². The van der Waals surface area contributed by atoms with Crippen molar-refractivity contribution in [2.45, 2.75) is 6.92 Å². The van der Waals surface area contributed by atoms with E-state index in [1.54, 1.807) is 6.92 Å². The van der Waals surface area contributed by atoms with E-state index in [1.165, 1.54) is 0 Å². The summed E-state index contributed by atoms with van der Waals surface area (Å²) in [7, 11) is 0. The topological polar surface area (TPSA) is 52.3 Å². The van der Waals surface area contributed by atoms with Gasteiger partial charge in [0.25, 0.3) is 0 Å². The average molecular weight is 229 g/mol. The molecule has 0 spiro atoms. The van der Waals surface area contributed by atoms with Crippen LogP contribution in [0.3, 0.4) is 0 Å². The van der Waals surface area contributed by atoms with Crippen LogP contribution >= 0.6 is 0 Å². The van der Waals surface area contributed by atoms with Gasteiger partial charge < -0.3 is 10.5 Å². The molecule has 0 heterocycles. The number of hydrogen-bond acceptors (Lipinski definition) is 2. The monoisotopic (exact) mass is 229 g/mol. The summed E-state index contributed by atoms with van der Waals surface area (Å²) in [6.45, 7) is 2.06. The zero-order valence-electron chi connectivity index (χ0n) is 4.10. The van der Waals surface area contributed by atoms with Crippen molar-refractivity contribution in [3.8, 4) is 0 Å². The first kappa shape index (κ1) is 10.6. The first-order valence-electron chi connectivity index (χ1n) is 1.69. The van der Waals surface area contributed by atoms with Crippen LogP contribution < -0.4 is 5.73 Å². The molecule has 0 aliphatic carbocycles. The van der Waals surface area contributed by atoms with Crippen LogP contribution in [0, 0.1) is 41.7 Å². The number of ether oxygens (including phenoxy) is 1. The predicted molar refractivity (Wildman–Crippen MR) is 21.2 cm³/mol. The van der Waals surface area contributed by atoms with Gasteiger partial charge in [0.1, 0.15) is 0 Å². The Morgan fingerprint density at radius 2 is 2.29 bits per heavy atom. The SMILES string of the molecule is CCOC(N)=O.[Ce]. The molecular weight excluding hydrogens is 222 g/mol. The Balaban J connectivity index is 0. The first-order valence-corrected chi connectivity index (χ1v) is 1.69. The number of nitrogens with two attached hydrogens (primary N) is 1. The summed E-state index contributed by atoms with van der Waals surface area (Å²) in [5.41, 5.74) is 4.54. The minimum Gasteiger partial charge on any atom is -0.450 e. The maximum Gasteiger partial charge on any atom is 0.404 e. The second-order valence-corrected chi connectivity index (χ2v) is 0.752. The number of hydrogen-bond donors (Lipinski definition) is 1. The molecule has 0 aliphatic heterocycles. The molecule has 4 heteroatoms. The Labute approximate surface area is 76.0 Å². The number of carbonyl (C=O) groups is 1. The normalized spacial score (nSPS) is 6.43. The van der Waals surface area contributed by atoms with Gasteiger partial charge in [-0.2, -0.15) is 0 Å². The standard InChI is InChI=1S/C3H7NO2.Ce/c1-2-6-3(4)5;/h2H2,1H3,(H2,4,5);. The summed E-state index contributed by atoms with van der Waals surface area (Å²) in [5.74, 6) is 0.